The number of rotatable bonds is 3. The van der Waals surface area contributed by atoms with Crippen molar-refractivity contribution < 1.29 is 4.79 Å². The molecule has 0 aliphatic heterocycles. The molecule has 0 bridgehead atoms. The summed E-state index contributed by atoms with van der Waals surface area (Å²) in [6.07, 6.45) is 3.18. The number of hydrogen-bond acceptors (Lipinski definition) is 3. The SMILES string of the molecule is Cc1ccccc1C(=O)/C=c1/[nH]c(=O)/c(=C/c2ccccc2Cl)s1. The number of aromatic nitrogens is 1. The molecule has 1 N–H and O–H groups in total. The number of thiazole rings is 1. The van der Waals surface area contributed by atoms with Crippen LogP contribution in [0.15, 0.2) is 53.3 Å². The number of carbonyl (C=O) groups is 1. The van der Waals surface area contributed by atoms with Gasteiger partial charge in [-0.05, 0) is 30.2 Å². The molecule has 0 saturated carbocycles. The maximum atomic E-state index is 12.4. The van der Waals surface area contributed by atoms with Crippen LogP contribution in [0, 0.1) is 6.92 Å². The summed E-state index contributed by atoms with van der Waals surface area (Å²) >= 11 is 7.35. The van der Waals surface area contributed by atoms with E-state index in [1.54, 1.807) is 18.2 Å². The normalized spacial score (nSPS) is 12.6. The Morgan fingerprint density at radius 1 is 1.12 bits per heavy atom. The molecular weight excluding hydrogens is 342 g/mol. The van der Waals surface area contributed by atoms with Gasteiger partial charge in [0.25, 0.3) is 5.56 Å². The van der Waals surface area contributed by atoms with E-state index >= 15 is 0 Å². The second-order valence-electron chi connectivity index (χ2n) is 5.27. The van der Waals surface area contributed by atoms with E-state index in [-0.39, 0.29) is 11.3 Å². The lowest BCUT2D eigenvalue weighted by molar-refractivity contribution is 0.106. The number of hydrogen-bond donors (Lipinski definition) is 1. The summed E-state index contributed by atoms with van der Waals surface area (Å²) in [4.78, 5) is 27.2. The highest BCUT2D eigenvalue weighted by atomic mass is 35.5. The Morgan fingerprint density at radius 2 is 1.83 bits per heavy atom. The first kappa shape index (κ1) is 16.4. The molecule has 3 nitrogen and oxygen atoms in total. The molecule has 0 amide bonds. The van der Waals surface area contributed by atoms with Gasteiger partial charge in [0.05, 0.1) is 9.20 Å². The van der Waals surface area contributed by atoms with Gasteiger partial charge < -0.3 is 4.98 Å². The largest absolute Gasteiger partial charge is 0.313 e. The molecule has 0 atom stereocenters. The first-order valence-corrected chi connectivity index (χ1v) is 8.51. The molecule has 0 saturated heterocycles. The second kappa shape index (κ2) is 6.99. The van der Waals surface area contributed by atoms with Crippen molar-refractivity contribution in [1.29, 1.82) is 0 Å². The Hall–Kier alpha value is -2.43. The highest BCUT2D eigenvalue weighted by molar-refractivity contribution is 7.07. The molecule has 1 heterocycles. The van der Waals surface area contributed by atoms with Crippen molar-refractivity contribution in [3.8, 4) is 0 Å². The zero-order chi connectivity index (χ0) is 17.1. The second-order valence-corrected chi connectivity index (χ2v) is 6.77. The van der Waals surface area contributed by atoms with E-state index in [2.05, 4.69) is 4.98 Å². The predicted molar refractivity (Wildman–Crippen MR) is 99.2 cm³/mol. The molecule has 120 valence electrons. The fourth-order valence-electron chi connectivity index (χ4n) is 2.30. The molecule has 0 unspecified atom stereocenters. The van der Waals surface area contributed by atoms with Crippen LogP contribution in [0.2, 0.25) is 5.02 Å². The third-order valence-corrected chi connectivity index (χ3v) is 4.85. The molecule has 3 aromatic rings. The molecule has 0 aliphatic carbocycles. The van der Waals surface area contributed by atoms with E-state index in [4.69, 9.17) is 11.6 Å². The molecule has 0 aliphatic rings. The average molecular weight is 356 g/mol. The summed E-state index contributed by atoms with van der Waals surface area (Å²) < 4.78 is 1.03. The summed E-state index contributed by atoms with van der Waals surface area (Å²) in [7, 11) is 0. The number of nitrogens with one attached hydrogen (secondary N) is 1. The van der Waals surface area contributed by atoms with Crippen LogP contribution in [0.5, 0.6) is 0 Å². The van der Waals surface area contributed by atoms with Crippen molar-refractivity contribution in [3.05, 3.63) is 89.8 Å². The van der Waals surface area contributed by atoms with Crippen molar-refractivity contribution in [3.63, 3.8) is 0 Å². The van der Waals surface area contributed by atoms with E-state index < -0.39 is 0 Å². The molecule has 2 aromatic carbocycles. The van der Waals surface area contributed by atoms with Gasteiger partial charge in [0.2, 0.25) is 0 Å². The Bertz CT molecular complexity index is 1080. The third kappa shape index (κ3) is 3.55. The quantitative estimate of drug-likeness (QED) is 0.734. The molecular formula is C19H14ClNO2S. The summed E-state index contributed by atoms with van der Waals surface area (Å²) in [5.74, 6) is -0.130. The van der Waals surface area contributed by atoms with Gasteiger partial charge in [0.1, 0.15) is 0 Å². The lowest BCUT2D eigenvalue weighted by Gasteiger charge is -1.99. The van der Waals surface area contributed by atoms with Crippen LogP contribution < -0.4 is 14.8 Å². The van der Waals surface area contributed by atoms with Gasteiger partial charge in [-0.25, -0.2) is 0 Å². The fourth-order valence-corrected chi connectivity index (χ4v) is 3.37. The molecule has 0 radical (unpaired) electrons. The van der Waals surface area contributed by atoms with Gasteiger partial charge in [0.15, 0.2) is 5.78 Å². The van der Waals surface area contributed by atoms with E-state index in [0.29, 0.717) is 19.8 Å². The zero-order valence-corrected chi connectivity index (χ0v) is 14.4. The van der Waals surface area contributed by atoms with E-state index in [9.17, 15) is 9.59 Å². The molecule has 0 fully saturated rings. The van der Waals surface area contributed by atoms with Crippen LogP contribution in [-0.2, 0) is 0 Å². The summed E-state index contributed by atoms with van der Waals surface area (Å²) in [6, 6.07) is 14.7. The lowest BCUT2D eigenvalue weighted by Crippen LogP contribution is -2.20. The topological polar surface area (TPSA) is 49.9 Å². The molecule has 24 heavy (non-hydrogen) atoms. The Labute approximate surface area is 147 Å². The number of halogens is 1. The number of H-pyrrole nitrogens is 1. The Kier molecular flexibility index (Phi) is 4.79. The van der Waals surface area contributed by atoms with E-state index in [1.807, 2.05) is 43.3 Å². The molecule has 1 aromatic heterocycles. The Morgan fingerprint density at radius 3 is 2.58 bits per heavy atom. The number of carbonyl (C=O) groups excluding carboxylic acids is 1. The molecule has 5 heteroatoms. The van der Waals surface area contributed by atoms with Crippen LogP contribution in [-0.4, -0.2) is 10.8 Å². The van der Waals surface area contributed by atoms with Gasteiger partial charge in [0, 0.05) is 16.7 Å². The van der Waals surface area contributed by atoms with E-state index in [1.165, 1.54) is 17.4 Å². The van der Waals surface area contributed by atoms with Gasteiger partial charge in [-0.3, -0.25) is 9.59 Å². The fraction of sp³-hybridized carbons (Fsp3) is 0.0526. The van der Waals surface area contributed by atoms with Gasteiger partial charge in [-0.2, -0.15) is 0 Å². The minimum Gasteiger partial charge on any atom is -0.313 e. The molecule has 0 spiro atoms. The van der Waals surface area contributed by atoms with Crippen LogP contribution in [0.25, 0.3) is 12.2 Å². The van der Waals surface area contributed by atoms with Gasteiger partial charge in [-0.15, -0.1) is 11.3 Å². The number of benzene rings is 2. The predicted octanol–water partition coefficient (Wildman–Crippen LogP) is 2.89. The van der Waals surface area contributed by atoms with Crippen LogP contribution >= 0.6 is 22.9 Å². The van der Waals surface area contributed by atoms with E-state index in [0.717, 1.165) is 11.1 Å². The first-order chi connectivity index (χ1) is 11.5. The Balaban J connectivity index is 2.04. The summed E-state index contributed by atoms with van der Waals surface area (Å²) in [5.41, 5.74) is 2.07. The van der Waals surface area contributed by atoms with Crippen molar-refractivity contribution in [2.45, 2.75) is 6.92 Å². The van der Waals surface area contributed by atoms with Crippen molar-refractivity contribution in [2.24, 2.45) is 0 Å². The maximum absolute atomic E-state index is 12.4. The van der Waals surface area contributed by atoms with Gasteiger partial charge >= 0.3 is 0 Å². The van der Waals surface area contributed by atoms with Crippen molar-refractivity contribution in [1.82, 2.24) is 4.98 Å². The standard InChI is InChI=1S/C19H14ClNO2S/c1-12-6-2-4-8-14(12)16(22)11-18-21-19(23)17(24-18)10-13-7-3-5-9-15(13)20/h2-11H,1H3,(H,21,23)/b17-10-,18-11-. The minimum atomic E-state index is -0.233. The van der Waals surface area contributed by atoms with Crippen LogP contribution in [0.4, 0.5) is 0 Å². The first-order valence-electron chi connectivity index (χ1n) is 7.31. The highest BCUT2D eigenvalue weighted by Gasteiger charge is 2.06. The van der Waals surface area contributed by atoms with Crippen molar-refractivity contribution in [2.75, 3.05) is 0 Å². The highest BCUT2D eigenvalue weighted by Crippen LogP contribution is 2.15. The summed E-state index contributed by atoms with van der Waals surface area (Å²) in [5, 5.41) is 0.576. The van der Waals surface area contributed by atoms with Gasteiger partial charge in [-0.1, -0.05) is 54.1 Å². The maximum Gasteiger partial charge on any atom is 0.266 e. The summed E-state index contributed by atoms with van der Waals surface area (Å²) in [6.45, 7) is 1.88. The minimum absolute atomic E-state index is 0.130. The van der Waals surface area contributed by atoms with Crippen LogP contribution in [0.3, 0.4) is 0 Å². The molecule has 3 rings (SSSR count). The number of ketones is 1. The monoisotopic (exact) mass is 355 g/mol. The van der Waals surface area contributed by atoms with Crippen molar-refractivity contribution >= 4 is 40.9 Å². The van der Waals surface area contributed by atoms with Crippen LogP contribution in [0.1, 0.15) is 21.5 Å². The smallest absolute Gasteiger partial charge is 0.266 e. The number of aryl methyl sites for hydroxylation is 1. The zero-order valence-electron chi connectivity index (χ0n) is 12.9. The average Bonchev–Trinajstić information content (AvgIpc) is 2.89. The number of aromatic amines is 1. The lowest BCUT2D eigenvalue weighted by atomic mass is 10.1. The number of Topliss-reactive ketones (excluding diaryl/α,β-unsaturated/α-hetero) is 1. The third-order valence-electron chi connectivity index (χ3n) is 3.54.